The summed E-state index contributed by atoms with van der Waals surface area (Å²) in [5, 5.41) is 6.07. The highest BCUT2D eigenvalue weighted by molar-refractivity contribution is 7.99. The van der Waals surface area contributed by atoms with Gasteiger partial charge in [0.25, 0.3) is 5.56 Å². The van der Waals surface area contributed by atoms with Gasteiger partial charge in [0.15, 0.2) is 5.16 Å². The maximum absolute atomic E-state index is 14.7. The van der Waals surface area contributed by atoms with Crippen LogP contribution in [-0.4, -0.2) is 34.2 Å². The lowest BCUT2D eigenvalue weighted by atomic mass is 9.62. The van der Waals surface area contributed by atoms with Gasteiger partial charge in [-0.15, -0.1) is 0 Å². The molecule has 220 valence electrons. The first-order chi connectivity index (χ1) is 20.9. The highest BCUT2D eigenvalue weighted by Crippen LogP contribution is 2.49. The van der Waals surface area contributed by atoms with Crippen molar-refractivity contribution in [2.24, 2.45) is 0 Å². The molecule has 2 aliphatic carbocycles. The van der Waals surface area contributed by atoms with Gasteiger partial charge in [0.2, 0.25) is 11.8 Å². The standard InChI is InChI=1S/C34H34N4O4S/c1-22(39)35-24-13-15-25(16-14-24)36-29(40)21-43-33-37-31-28-12-5-4-9-23(28)20-34(17-6-3-7-18-34)30(31)32(41)38(33)26-10-8-11-27(19-26)42-2/h4-5,8-16,19H,3,6-7,17-18,20-21H2,1-2H3,(H,35,39)(H,36,40). The van der Waals surface area contributed by atoms with E-state index >= 15 is 0 Å². The minimum atomic E-state index is -0.253. The minimum absolute atomic E-state index is 0.0510. The molecule has 8 nitrogen and oxygen atoms in total. The largest absolute Gasteiger partial charge is 0.497 e. The highest BCUT2D eigenvalue weighted by atomic mass is 32.2. The summed E-state index contributed by atoms with van der Waals surface area (Å²) in [6, 6.07) is 22.6. The summed E-state index contributed by atoms with van der Waals surface area (Å²) < 4.78 is 7.15. The van der Waals surface area contributed by atoms with E-state index in [1.54, 1.807) is 35.9 Å². The zero-order chi connectivity index (χ0) is 30.0. The molecule has 0 aliphatic heterocycles. The summed E-state index contributed by atoms with van der Waals surface area (Å²) in [5.41, 5.74) is 5.33. The molecule has 1 spiro atoms. The highest BCUT2D eigenvalue weighted by Gasteiger charge is 2.43. The van der Waals surface area contributed by atoms with Crippen molar-refractivity contribution in [3.8, 4) is 22.7 Å². The number of fused-ring (bicyclic) bond motifs is 4. The zero-order valence-electron chi connectivity index (χ0n) is 24.3. The predicted octanol–water partition coefficient (Wildman–Crippen LogP) is 6.36. The molecule has 9 heteroatoms. The molecular weight excluding hydrogens is 560 g/mol. The Hall–Kier alpha value is -4.37. The van der Waals surface area contributed by atoms with E-state index in [0.717, 1.165) is 48.9 Å². The van der Waals surface area contributed by atoms with Gasteiger partial charge in [0.1, 0.15) is 5.75 Å². The lowest BCUT2D eigenvalue weighted by molar-refractivity contribution is -0.114. The fourth-order valence-corrected chi connectivity index (χ4v) is 7.24. The number of ether oxygens (including phenoxy) is 1. The first-order valence-corrected chi connectivity index (χ1v) is 15.6. The van der Waals surface area contributed by atoms with Gasteiger partial charge >= 0.3 is 0 Å². The van der Waals surface area contributed by atoms with E-state index in [-0.39, 0.29) is 28.5 Å². The van der Waals surface area contributed by atoms with Crippen molar-refractivity contribution in [3.63, 3.8) is 0 Å². The van der Waals surface area contributed by atoms with Crippen LogP contribution >= 0.6 is 11.8 Å². The van der Waals surface area contributed by atoms with Gasteiger partial charge < -0.3 is 15.4 Å². The molecule has 0 saturated heterocycles. The van der Waals surface area contributed by atoms with E-state index in [2.05, 4.69) is 28.8 Å². The molecule has 4 aromatic rings. The second-order valence-corrected chi connectivity index (χ2v) is 12.2. The Kier molecular flexibility index (Phi) is 8.08. The second-order valence-electron chi connectivity index (χ2n) is 11.2. The molecule has 0 bridgehead atoms. The van der Waals surface area contributed by atoms with E-state index in [4.69, 9.17) is 9.72 Å². The fourth-order valence-electron chi connectivity index (χ4n) is 6.43. The third-order valence-electron chi connectivity index (χ3n) is 8.33. The number of methoxy groups -OCH3 is 1. The number of aromatic nitrogens is 2. The molecule has 1 fully saturated rings. The monoisotopic (exact) mass is 594 g/mol. The Balaban J connectivity index is 1.40. The van der Waals surface area contributed by atoms with Gasteiger partial charge in [-0.3, -0.25) is 19.0 Å². The van der Waals surface area contributed by atoms with Crippen LogP contribution in [0.4, 0.5) is 11.4 Å². The SMILES string of the molecule is COc1cccc(-n2c(SCC(=O)Nc3ccc(NC(C)=O)cc3)nc3c(c2=O)C2(CCCCC2)Cc2ccccc2-3)c1. The van der Waals surface area contributed by atoms with Gasteiger partial charge in [-0.2, -0.15) is 0 Å². The van der Waals surface area contributed by atoms with E-state index < -0.39 is 0 Å². The van der Waals surface area contributed by atoms with Crippen LogP contribution < -0.4 is 20.9 Å². The first-order valence-electron chi connectivity index (χ1n) is 14.6. The van der Waals surface area contributed by atoms with Gasteiger partial charge in [-0.1, -0.05) is 61.4 Å². The molecule has 0 atom stereocenters. The van der Waals surface area contributed by atoms with Crippen molar-refractivity contribution in [1.29, 1.82) is 0 Å². The normalized spacial score (nSPS) is 14.8. The Morgan fingerprint density at radius 3 is 2.40 bits per heavy atom. The average molecular weight is 595 g/mol. The van der Waals surface area contributed by atoms with Crippen molar-refractivity contribution < 1.29 is 14.3 Å². The summed E-state index contributed by atoms with van der Waals surface area (Å²) in [4.78, 5) is 44.3. The van der Waals surface area contributed by atoms with Crippen molar-refractivity contribution in [2.75, 3.05) is 23.5 Å². The maximum atomic E-state index is 14.7. The molecule has 1 saturated carbocycles. The van der Waals surface area contributed by atoms with E-state index in [0.29, 0.717) is 28.0 Å². The fraction of sp³-hybridized carbons (Fsp3) is 0.294. The molecule has 2 N–H and O–H groups in total. The van der Waals surface area contributed by atoms with Crippen LogP contribution in [0.2, 0.25) is 0 Å². The minimum Gasteiger partial charge on any atom is -0.497 e. The molecule has 0 radical (unpaired) electrons. The Labute approximate surface area is 254 Å². The summed E-state index contributed by atoms with van der Waals surface area (Å²) in [6.45, 7) is 1.44. The molecule has 0 unspecified atom stereocenters. The number of benzene rings is 3. The number of carbonyl (C=O) groups is 2. The van der Waals surface area contributed by atoms with Crippen LogP contribution in [-0.2, 0) is 21.4 Å². The number of carbonyl (C=O) groups excluding carboxylic acids is 2. The topological polar surface area (TPSA) is 102 Å². The van der Waals surface area contributed by atoms with E-state index in [9.17, 15) is 14.4 Å². The Morgan fingerprint density at radius 1 is 0.953 bits per heavy atom. The average Bonchev–Trinajstić information content (AvgIpc) is 3.01. The number of amides is 2. The van der Waals surface area contributed by atoms with Crippen LogP contribution in [0.1, 0.15) is 50.2 Å². The molecule has 6 rings (SSSR count). The van der Waals surface area contributed by atoms with Crippen LogP contribution in [0, 0.1) is 0 Å². The lowest BCUT2D eigenvalue weighted by Gasteiger charge is -2.42. The van der Waals surface area contributed by atoms with Crippen LogP contribution in [0.3, 0.4) is 0 Å². The van der Waals surface area contributed by atoms with Gasteiger partial charge in [-0.05, 0) is 61.2 Å². The number of nitrogens with zero attached hydrogens (tertiary/aromatic N) is 2. The van der Waals surface area contributed by atoms with Crippen molar-refractivity contribution in [3.05, 3.63) is 94.3 Å². The lowest BCUT2D eigenvalue weighted by Crippen LogP contribution is -2.43. The first kappa shape index (κ1) is 28.7. The van der Waals surface area contributed by atoms with Crippen LogP contribution in [0.5, 0.6) is 5.75 Å². The molecule has 2 aliphatic rings. The maximum Gasteiger partial charge on any atom is 0.263 e. The number of nitrogens with one attached hydrogen (secondary N) is 2. The number of rotatable bonds is 7. The second kappa shape index (κ2) is 12.1. The zero-order valence-corrected chi connectivity index (χ0v) is 25.1. The molecular formula is C34H34N4O4S. The molecule has 1 heterocycles. The summed E-state index contributed by atoms with van der Waals surface area (Å²) in [5.74, 6) is 0.293. The van der Waals surface area contributed by atoms with Crippen molar-refractivity contribution >= 4 is 35.0 Å². The third kappa shape index (κ3) is 5.82. The van der Waals surface area contributed by atoms with Crippen molar-refractivity contribution in [1.82, 2.24) is 9.55 Å². The van der Waals surface area contributed by atoms with Crippen molar-refractivity contribution in [2.45, 2.75) is 56.0 Å². The summed E-state index contributed by atoms with van der Waals surface area (Å²) in [7, 11) is 1.60. The molecule has 43 heavy (non-hydrogen) atoms. The summed E-state index contributed by atoms with van der Waals surface area (Å²) in [6.07, 6.45) is 6.10. The van der Waals surface area contributed by atoms with Gasteiger partial charge in [-0.25, -0.2) is 4.98 Å². The number of thioether (sulfide) groups is 1. The smallest absolute Gasteiger partial charge is 0.263 e. The number of hydrogen-bond donors (Lipinski definition) is 2. The number of hydrogen-bond acceptors (Lipinski definition) is 6. The quantitative estimate of drug-likeness (QED) is 0.191. The molecule has 3 aromatic carbocycles. The van der Waals surface area contributed by atoms with Gasteiger partial charge in [0.05, 0.1) is 29.8 Å². The predicted molar refractivity (Wildman–Crippen MR) is 170 cm³/mol. The summed E-state index contributed by atoms with van der Waals surface area (Å²) >= 11 is 1.23. The van der Waals surface area contributed by atoms with E-state index in [1.807, 2.05) is 30.3 Å². The van der Waals surface area contributed by atoms with E-state index in [1.165, 1.54) is 30.7 Å². The van der Waals surface area contributed by atoms with Crippen LogP contribution in [0.15, 0.2) is 82.7 Å². The molecule has 2 amide bonds. The van der Waals surface area contributed by atoms with Gasteiger partial charge in [0, 0.05) is 35.3 Å². The third-order valence-corrected chi connectivity index (χ3v) is 9.27. The Bertz CT molecular complexity index is 1740. The van der Waals surface area contributed by atoms with Crippen LogP contribution in [0.25, 0.3) is 16.9 Å². The molecule has 1 aromatic heterocycles. The number of anilines is 2. The Morgan fingerprint density at radius 2 is 1.67 bits per heavy atom.